The summed E-state index contributed by atoms with van der Waals surface area (Å²) in [5, 5.41) is 20.1. The van der Waals surface area contributed by atoms with Crippen molar-refractivity contribution in [3.63, 3.8) is 0 Å². The van der Waals surface area contributed by atoms with Gasteiger partial charge in [-0.3, -0.25) is 0 Å². The molecule has 0 aromatic heterocycles. The summed E-state index contributed by atoms with van der Waals surface area (Å²) in [7, 11) is 1.91. The van der Waals surface area contributed by atoms with E-state index in [1.54, 1.807) is 18.2 Å². The van der Waals surface area contributed by atoms with Gasteiger partial charge in [-0.05, 0) is 31.9 Å². The molecule has 4 heteroatoms. The Balaban J connectivity index is 1.87. The van der Waals surface area contributed by atoms with Crippen LogP contribution in [0.15, 0.2) is 24.3 Å². The van der Waals surface area contributed by atoms with Crippen molar-refractivity contribution in [2.24, 2.45) is 5.92 Å². The van der Waals surface area contributed by atoms with Crippen molar-refractivity contribution in [1.29, 1.82) is 0 Å². The lowest BCUT2D eigenvalue weighted by Crippen LogP contribution is -2.36. The summed E-state index contributed by atoms with van der Waals surface area (Å²) in [6.45, 7) is 1.12. The smallest absolute Gasteiger partial charge is 0.129 e. The number of nitrogens with zero attached hydrogens (tertiary/aromatic N) is 1. The van der Waals surface area contributed by atoms with Gasteiger partial charge in [-0.1, -0.05) is 31.0 Å². The molecule has 1 aliphatic rings. The van der Waals surface area contributed by atoms with Crippen LogP contribution in [0.2, 0.25) is 0 Å². The third-order valence-corrected chi connectivity index (χ3v) is 4.16. The molecule has 0 bridgehead atoms. The van der Waals surface area contributed by atoms with Gasteiger partial charge in [-0.15, -0.1) is 0 Å². The monoisotopic (exact) mass is 281 g/mol. The second-order valence-electron chi connectivity index (χ2n) is 5.87. The van der Waals surface area contributed by atoms with Gasteiger partial charge >= 0.3 is 0 Å². The summed E-state index contributed by atoms with van der Waals surface area (Å²) in [6.07, 6.45) is 3.08. The van der Waals surface area contributed by atoms with Crippen molar-refractivity contribution in [2.45, 2.75) is 37.9 Å². The highest BCUT2D eigenvalue weighted by molar-refractivity contribution is 5.19. The fourth-order valence-electron chi connectivity index (χ4n) is 3.01. The van der Waals surface area contributed by atoms with Gasteiger partial charge in [0.2, 0.25) is 0 Å². The standard InChI is InChI=1S/C16H24FNO2/c1-18(10-12-6-2-5-9-15(12)19)11-16(20)13-7-3-4-8-14(13)17/h3-4,7-8,12,15-16,19-20H,2,5-6,9-11H2,1H3. The average Bonchev–Trinajstić information content (AvgIpc) is 2.41. The Morgan fingerprint density at radius 1 is 1.30 bits per heavy atom. The number of hydrogen-bond acceptors (Lipinski definition) is 3. The van der Waals surface area contributed by atoms with Crippen molar-refractivity contribution in [1.82, 2.24) is 4.90 Å². The first-order valence-electron chi connectivity index (χ1n) is 7.37. The highest BCUT2D eigenvalue weighted by Crippen LogP contribution is 2.25. The normalized spacial score (nSPS) is 24.9. The summed E-state index contributed by atoms with van der Waals surface area (Å²) in [4.78, 5) is 1.98. The second kappa shape index (κ2) is 7.16. The van der Waals surface area contributed by atoms with Crippen molar-refractivity contribution in [3.05, 3.63) is 35.6 Å². The minimum atomic E-state index is -0.832. The topological polar surface area (TPSA) is 43.7 Å². The zero-order valence-electron chi connectivity index (χ0n) is 12.0. The van der Waals surface area contributed by atoms with Gasteiger partial charge in [0, 0.05) is 18.7 Å². The highest BCUT2D eigenvalue weighted by atomic mass is 19.1. The van der Waals surface area contributed by atoms with E-state index in [0.717, 1.165) is 32.2 Å². The number of aliphatic hydroxyl groups is 2. The van der Waals surface area contributed by atoms with Crippen LogP contribution in [0.25, 0.3) is 0 Å². The van der Waals surface area contributed by atoms with Crippen molar-refractivity contribution in [3.8, 4) is 0 Å². The zero-order valence-corrected chi connectivity index (χ0v) is 12.0. The van der Waals surface area contributed by atoms with Crippen LogP contribution in [-0.2, 0) is 0 Å². The number of aliphatic hydroxyl groups excluding tert-OH is 2. The molecule has 0 heterocycles. The Hall–Kier alpha value is -0.970. The minimum Gasteiger partial charge on any atom is -0.393 e. The lowest BCUT2D eigenvalue weighted by Gasteiger charge is -2.32. The lowest BCUT2D eigenvalue weighted by atomic mass is 9.86. The molecule has 1 saturated carbocycles. The van der Waals surface area contributed by atoms with E-state index >= 15 is 0 Å². The van der Waals surface area contributed by atoms with Crippen LogP contribution >= 0.6 is 0 Å². The predicted molar refractivity (Wildman–Crippen MR) is 76.8 cm³/mol. The fourth-order valence-corrected chi connectivity index (χ4v) is 3.01. The molecule has 112 valence electrons. The van der Waals surface area contributed by atoms with Crippen molar-refractivity contribution < 1.29 is 14.6 Å². The van der Waals surface area contributed by atoms with E-state index < -0.39 is 6.10 Å². The maximum atomic E-state index is 13.6. The van der Waals surface area contributed by atoms with Gasteiger partial charge in [0.25, 0.3) is 0 Å². The van der Waals surface area contributed by atoms with E-state index in [4.69, 9.17) is 0 Å². The molecule has 0 amide bonds. The molecular formula is C16H24FNO2. The minimum absolute atomic E-state index is 0.239. The van der Waals surface area contributed by atoms with Crippen LogP contribution in [0.4, 0.5) is 4.39 Å². The van der Waals surface area contributed by atoms with Gasteiger partial charge in [-0.25, -0.2) is 4.39 Å². The summed E-state index contributed by atoms with van der Waals surface area (Å²) >= 11 is 0. The Morgan fingerprint density at radius 3 is 2.70 bits per heavy atom. The van der Waals surface area contributed by atoms with Gasteiger partial charge in [0.15, 0.2) is 0 Å². The quantitative estimate of drug-likeness (QED) is 0.870. The molecule has 2 rings (SSSR count). The number of rotatable bonds is 5. The maximum absolute atomic E-state index is 13.6. The number of hydrogen-bond donors (Lipinski definition) is 2. The molecule has 1 aromatic carbocycles. The summed E-state index contributed by atoms with van der Waals surface area (Å²) in [5.41, 5.74) is 0.337. The largest absolute Gasteiger partial charge is 0.393 e. The molecule has 1 aromatic rings. The van der Waals surface area contributed by atoms with Gasteiger partial charge in [0.1, 0.15) is 5.82 Å². The van der Waals surface area contributed by atoms with Gasteiger partial charge in [-0.2, -0.15) is 0 Å². The summed E-state index contributed by atoms with van der Waals surface area (Å²) in [5.74, 6) is -0.104. The van der Waals surface area contributed by atoms with Crippen molar-refractivity contribution in [2.75, 3.05) is 20.1 Å². The molecule has 0 spiro atoms. The third-order valence-electron chi connectivity index (χ3n) is 4.16. The van der Waals surface area contributed by atoms with Crippen LogP contribution in [0, 0.1) is 11.7 Å². The predicted octanol–water partition coefficient (Wildman–Crippen LogP) is 2.34. The molecule has 0 radical (unpaired) electrons. The average molecular weight is 281 g/mol. The van der Waals surface area contributed by atoms with E-state index in [1.807, 2.05) is 11.9 Å². The number of likely N-dealkylation sites (N-methyl/N-ethyl adjacent to an activating group) is 1. The van der Waals surface area contributed by atoms with Crippen LogP contribution < -0.4 is 0 Å². The molecule has 3 atom stereocenters. The van der Waals surface area contributed by atoms with Gasteiger partial charge in [0.05, 0.1) is 12.2 Å². The first-order chi connectivity index (χ1) is 9.58. The van der Waals surface area contributed by atoms with Crippen LogP contribution in [0.3, 0.4) is 0 Å². The zero-order chi connectivity index (χ0) is 14.5. The molecule has 2 N–H and O–H groups in total. The van der Waals surface area contributed by atoms with Gasteiger partial charge < -0.3 is 15.1 Å². The summed E-state index contributed by atoms with van der Waals surface area (Å²) < 4.78 is 13.6. The molecule has 1 fully saturated rings. The van der Waals surface area contributed by atoms with Crippen LogP contribution in [0.5, 0.6) is 0 Å². The molecule has 1 aliphatic carbocycles. The molecule has 20 heavy (non-hydrogen) atoms. The van der Waals surface area contributed by atoms with Crippen LogP contribution in [0.1, 0.15) is 37.4 Å². The first-order valence-corrected chi connectivity index (χ1v) is 7.37. The molecule has 3 nitrogen and oxygen atoms in total. The molecular weight excluding hydrogens is 257 g/mol. The van der Waals surface area contributed by atoms with Crippen molar-refractivity contribution >= 4 is 0 Å². The Kier molecular flexibility index (Phi) is 5.52. The van der Waals surface area contributed by atoms with E-state index in [-0.39, 0.29) is 17.8 Å². The first kappa shape index (κ1) is 15.4. The molecule has 3 unspecified atom stereocenters. The van der Waals surface area contributed by atoms with Crippen LogP contribution in [-0.4, -0.2) is 41.4 Å². The van der Waals surface area contributed by atoms with E-state index in [0.29, 0.717) is 12.1 Å². The lowest BCUT2D eigenvalue weighted by molar-refractivity contribution is 0.0395. The summed E-state index contributed by atoms with van der Waals surface area (Å²) in [6, 6.07) is 6.33. The SMILES string of the molecule is CN(CC(O)c1ccccc1F)CC1CCCCC1O. The van der Waals surface area contributed by atoms with E-state index in [2.05, 4.69) is 0 Å². The number of halogens is 1. The highest BCUT2D eigenvalue weighted by Gasteiger charge is 2.25. The molecule has 0 saturated heterocycles. The Morgan fingerprint density at radius 2 is 2.00 bits per heavy atom. The van der Waals surface area contributed by atoms with E-state index in [1.165, 1.54) is 6.07 Å². The molecule has 0 aliphatic heterocycles. The number of benzene rings is 1. The third kappa shape index (κ3) is 4.01. The Bertz CT molecular complexity index is 427. The van der Waals surface area contributed by atoms with E-state index in [9.17, 15) is 14.6 Å². The fraction of sp³-hybridized carbons (Fsp3) is 0.625. The maximum Gasteiger partial charge on any atom is 0.129 e. The second-order valence-corrected chi connectivity index (χ2v) is 5.87. The Labute approximate surface area is 120 Å².